The van der Waals surface area contributed by atoms with Crippen LogP contribution in [0, 0.1) is 6.92 Å². The summed E-state index contributed by atoms with van der Waals surface area (Å²) in [6, 6.07) is 5.78. The Morgan fingerprint density at radius 1 is 1.45 bits per heavy atom. The molecule has 0 saturated heterocycles. The quantitative estimate of drug-likeness (QED) is 0.722. The number of benzene rings is 1. The largest absolute Gasteiger partial charge is 0.349 e. The Morgan fingerprint density at radius 2 is 2.18 bits per heavy atom. The van der Waals surface area contributed by atoms with Crippen molar-refractivity contribution in [2.75, 3.05) is 0 Å². The number of aromatic amines is 1. The summed E-state index contributed by atoms with van der Waals surface area (Å²) in [6.07, 6.45) is 0.0452. The van der Waals surface area contributed by atoms with Crippen LogP contribution in [-0.2, 0) is 21.2 Å². The summed E-state index contributed by atoms with van der Waals surface area (Å²) < 4.78 is 22.7. The van der Waals surface area contributed by atoms with Crippen molar-refractivity contribution in [1.29, 1.82) is 0 Å². The average Bonchev–Trinajstić information content (AvgIpc) is 2.83. The van der Waals surface area contributed by atoms with E-state index in [1.165, 1.54) is 12.1 Å². The molecule has 1 unspecified atom stereocenters. The van der Waals surface area contributed by atoms with Crippen LogP contribution in [0.2, 0.25) is 0 Å². The number of aromatic nitrogens is 3. The minimum Gasteiger partial charge on any atom is -0.349 e. The van der Waals surface area contributed by atoms with E-state index in [1.54, 1.807) is 26.0 Å². The first kappa shape index (κ1) is 16.1. The average molecular weight is 323 g/mol. The first-order valence-electron chi connectivity index (χ1n) is 6.55. The number of hydrogen-bond donors (Lipinski definition) is 3. The normalized spacial score (nSPS) is 12.9. The molecule has 4 N–H and O–H groups in total. The first-order valence-corrected chi connectivity index (χ1v) is 8.10. The van der Waals surface area contributed by atoms with Crippen molar-refractivity contribution in [3.8, 4) is 0 Å². The van der Waals surface area contributed by atoms with Crippen molar-refractivity contribution in [2.45, 2.75) is 31.2 Å². The lowest BCUT2D eigenvalue weighted by Crippen LogP contribution is -2.28. The molecule has 0 saturated carbocycles. The van der Waals surface area contributed by atoms with Gasteiger partial charge in [-0.2, -0.15) is 5.10 Å². The number of aryl methyl sites for hydroxylation is 1. The van der Waals surface area contributed by atoms with Gasteiger partial charge < -0.3 is 5.32 Å². The fraction of sp³-hybridized carbons (Fsp3) is 0.308. The van der Waals surface area contributed by atoms with Crippen LogP contribution >= 0.6 is 0 Å². The van der Waals surface area contributed by atoms with Crippen LogP contribution in [0.15, 0.2) is 29.2 Å². The van der Waals surface area contributed by atoms with Crippen LogP contribution in [0.3, 0.4) is 0 Å². The molecule has 9 heteroatoms. The van der Waals surface area contributed by atoms with E-state index in [9.17, 15) is 13.2 Å². The lowest BCUT2D eigenvalue weighted by Gasteiger charge is -2.14. The van der Waals surface area contributed by atoms with Gasteiger partial charge in [0.25, 0.3) is 0 Å². The van der Waals surface area contributed by atoms with Crippen LogP contribution in [0.4, 0.5) is 0 Å². The maximum atomic E-state index is 11.9. The highest BCUT2D eigenvalue weighted by atomic mass is 32.2. The van der Waals surface area contributed by atoms with Gasteiger partial charge in [0, 0.05) is 0 Å². The molecule has 2 aromatic rings. The maximum absolute atomic E-state index is 11.9. The van der Waals surface area contributed by atoms with E-state index < -0.39 is 10.0 Å². The number of nitrogens with one attached hydrogen (secondary N) is 2. The number of amides is 1. The number of carbonyl (C=O) groups excluding carboxylic acids is 1. The predicted molar refractivity (Wildman–Crippen MR) is 79.2 cm³/mol. The van der Waals surface area contributed by atoms with Gasteiger partial charge in [-0.1, -0.05) is 12.1 Å². The molecule has 1 aromatic heterocycles. The molecule has 22 heavy (non-hydrogen) atoms. The molecule has 0 aliphatic carbocycles. The third-order valence-corrected chi connectivity index (χ3v) is 3.94. The molecule has 1 aromatic carbocycles. The van der Waals surface area contributed by atoms with Crippen molar-refractivity contribution >= 4 is 15.9 Å². The van der Waals surface area contributed by atoms with Crippen molar-refractivity contribution in [3.63, 3.8) is 0 Å². The molecule has 2 rings (SSSR count). The van der Waals surface area contributed by atoms with Crippen LogP contribution in [0.1, 0.15) is 30.2 Å². The van der Waals surface area contributed by atoms with Gasteiger partial charge >= 0.3 is 0 Å². The van der Waals surface area contributed by atoms with Gasteiger partial charge in [0.2, 0.25) is 15.9 Å². The van der Waals surface area contributed by atoms with Gasteiger partial charge in [-0.15, -0.1) is 0 Å². The SMILES string of the molecule is Cc1nc(CC(=O)NC(C)c2cccc(S(N)(=O)=O)c2)n[nH]1. The van der Waals surface area contributed by atoms with E-state index in [0.29, 0.717) is 17.2 Å². The van der Waals surface area contributed by atoms with Crippen molar-refractivity contribution < 1.29 is 13.2 Å². The number of primary sulfonamides is 1. The molecule has 0 fully saturated rings. The standard InChI is InChI=1S/C13H17N5O3S/c1-8(10-4-3-5-11(6-10)22(14,20)21)15-13(19)7-12-16-9(2)17-18-12/h3-6,8H,7H2,1-2H3,(H,15,19)(H2,14,20,21)(H,16,17,18). The molecule has 0 aliphatic rings. The number of sulfonamides is 1. The number of carbonyl (C=O) groups is 1. The molecule has 0 bridgehead atoms. The molecule has 0 radical (unpaired) electrons. The van der Waals surface area contributed by atoms with Gasteiger partial charge in [-0.25, -0.2) is 18.5 Å². The maximum Gasteiger partial charge on any atom is 0.238 e. The Bertz CT molecular complexity index is 784. The fourth-order valence-electron chi connectivity index (χ4n) is 1.95. The predicted octanol–water partition coefficient (Wildman–Crippen LogP) is 0.180. The van der Waals surface area contributed by atoms with Gasteiger partial charge in [0.05, 0.1) is 17.4 Å². The third kappa shape index (κ3) is 4.12. The second-order valence-electron chi connectivity index (χ2n) is 4.92. The zero-order chi connectivity index (χ0) is 16.3. The number of H-pyrrole nitrogens is 1. The molecule has 118 valence electrons. The van der Waals surface area contributed by atoms with E-state index in [2.05, 4.69) is 20.5 Å². The minimum atomic E-state index is -3.77. The van der Waals surface area contributed by atoms with Crippen LogP contribution in [-0.4, -0.2) is 29.5 Å². The van der Waals surface area contributed by atoms with E-state index in [-0.39, 0.29) is 23.3 Å². The van der Waals surface area contributed by atoms with Gasteiger partial charge in [-0.3, -0.25) is 9.89 Å². The molecule has 1 atom stereocenters. The highest BCUT2D eigenvalue weighted by Crippen LogP contribution is 2.16. The van der Waals surface area contributed by atoms with Crippen LogP contribution in [0.5, 0.6) is 0 Å². The van der Waals surface area contributed by atoms with E-state index in [4.69, 9.17) is 5.14 Å². The Kier molecular flexibility index (Phi) is 4.57. The second-order valence-corrected chi connectivity index (χ2v) is 6.48. The lowest BCUT2D eigenvalue weighted by atomic mass is 10.1. The molecule has 0 aliphatic heterocycles. The molecular formula is C13H17N5O3S. The Balaban J connectivity index is 2.05. The van der Waals surface area contributed by atoms with Gasteiger partial charge in [0.1, 0.15) is 5.82 Å². The zero-order valence-corrected chi connectivity index (χ0v) is 13.0. The van der Waals surface area contributed by atoms with Gasteiger partial charge in [-0.05, 0) is 31.5 Å². The van der Waals surface area contributed by atoms with Crippen molar-refractivity contribution in [1.82, 2.24) is 20.5 Å². The zero-order valence-electron chi connectivity index (χ0n) is 12.2. The molecule has 8 nitrogen and oxygen atoms in total. The summed E-state index contributed by atoms with van der Waals surface area (Å²) in [7, 11) is -3.77. The van der Waals surface area contributed by atoms with Gasteiger partial charge in [0.15, 0.2) is 5.82 Å². The Morgan fingerprint density at radius 3 is 2.77 bits per heavy atom. The third-order valence-electron chi connectivity index (χ3n) is 3.03. The van der Waals surface area contributed by atoms with E-state index in [1.807, 2.05) is 0 Å². The van der Waals surface area contributed by atoms with E-state index in [0.717, 1.165) is 0 Å². The van der Waals surface area contributed by atoms with E-state index >= 15 is 0 Å². The van der Waals surface area contributed by atoms with Crippen LogP contribution < -0.4 is 10.5 Å². The number of rotatable bonds is 5. The summed E-state index contributed by atoms with van der Waals surface area (Å²) in [5, 5.41) is 14.4. The Hall–Kier alpha value is -2.26. The topological polar surface area (TPSA) is 131 Å². The number of hydrogen-bond acceptors (Lipinski definition) is 5. The summed E-state index contributed by atoms with van der Waals surface area (Å²) in [5.74, 6) is 0.782. The molecule has 0 spiro atoms. The second kappa shape index (κ2) is 6.24. The first-order chi connectivity index (χ1) is 10.3. The highest BCUT2D eigenvalue weighted by Gasteiger charge is 2.14. The molecular weight excluding hydrogens is 306 g/mol. The number of nitrogens with two attached hydrogens (primary N) is 1. The fourth-order valence-corrected chi connectivity index (χ4v) is 2.52. The molecule has 1 heterocycles. The molecule has 1 amide bonds. The van der Waals surface area contributed by atoms with Crippen molar-refractivity contribution in [3.05, 3.63) is 41.5 Å². The Labute approximate surface area is 128 Å². The smallest absolute Gasteiger partial charge is 0.238 e. The number of nitrogens with zero attached hydrogens (tertiary/aromatic N) is 2. The summed E-state index contributed by atoms with van der Waals surface area (Å²) >= 11 is 0. The summed E-state index contributed by atoms with van der Waals surface area (Å²) in [5.41, 5.74) is 0.644. The van der Waals surface area contributed by atoms with Crippen LogP contribution in [0.25, 0.3) is 0 Å². The summed E-state index contributed by atoms with van der Waals surface area (Å²) in [4.78, 5) is 16.0. The lowest BCUT2D eigenvalue weighted by molar-refractivity contribution is -0.121. The summed E-state index contributed by atoms with van der Waals surface area (Å²) in [6.45, 7) is 3.50. The monoisotopic (exact) mass is 323 g/mol. The van der Waals surface area contributed by atoms with Crippen molar-refractivity contribution in [2.24, 2.45) is 5.14 Å². The minimum absolute atomic E-state index is 0.00990. The highest BCUT2D eigenvalue weighted by molar-refractivity contribution is 7.89.